The summed E-state index contributed by atoms with van der Waals surface area (Å²) in [6, 6.07) is 0. The molecular formula is C12H23N3O2S. The summed E-state index contributed by atoms with van der Waals surface area (Å²) >= 11 is 0. The van der Waals surface area contributed by atoms with Gasteiger partial charge in [0.25, 0.3) is 0 Å². The number of nitrogens with one attached hydrogen (secondary N) is 1. The highest BCUT2D eigenvalue weighted by atomic mass is 32.2. The molecule has 104 valence electrons. The maximum Gasteiger partial charge on any atom is 0.149 e. The van der Waals surface area contributed by atoms with E-state index in [2.05, 4.69) is 24.3 Å². The summed E-state index contributed by atoms with van der Waals surface area (Å²) < 4.78 is 24.1. The molecule has 0 saturated carbocycles. The standard InChI is InChI=1S/C12H23N3O2S/c1-4-6-13-9-11-10-14-15(12(11)5-2)7-8-18(3,16)17/h10,13H,4-9H2,1-3H3. The second-order valence-electron chi connectivity index (χ2n) is 4.50. The number of hydrogen-bond donors (Lipinski definition) is 1. The summed E-state index contributed by atoms with van der Waals surface area (Å²) in [6.45, 7) is 6.42. The van der Waals surface area contributed by atoms with Crippen LogP contribution in [0.1, 0.15) is 31.5 Å². The van der Waals surface area contributed by atoms with Crippen molar-refractivity contribution in [1.82, 2.24) is 15.1 Å². The van der Waals surface area contributed by atoms with Gasteiger partial charge in [0.2, 0.25) is 0 Å². The summed E-state index contributed by atoms with van der Waals surface area (Å²) in [5.41, 5.74) is 2.29. The van der Waals surface area contributed by atoms with E-state index in [1.165, 1.54) is 11.8 Å². The molecule has 1 N–H and O–H groups in total. The predicted octanol–water partition coefficient (Wildman–Crippen LogP) is 0.990. The largest absolute Gasteiger partial charge is 0.313 e. The summed E-state index contributed by atoms with van der Waals surface area (Å²) in [4.78, 5) is 0. The van der Waals surface area contributed by atoms with Crippen LogP contribution in [0.15, 0.2) is 6.20 Å². The molecule has 0 saturated heterocycles. The average molecular weight is 273 g/mol. The van der Waals surface area contributed by atoms with E-state index < -0.39 is 9.84 Å². The number of rotatable bonds is 8. The summed E-state index contributed by atoms with van der Waals surface area (Å²) in [7, 11) is -2.94. The van der Waals surface area contributed by atoms with Gasteiger partial charge in [-0.1, -0.05) is 13.8 Å². The molecule has 1 aromatic heterocycles. The lowest BCUT2D eigenvalue weighted by Gasteiger charge is -2.08. The minimum Gasteiger partial charge on any atom is -0.313 e. The van der Waals surface area contributed by atoms with Gasteiger partial charge in [0.15, 0.2) is 0 Å². The molecular weight excluding hydrogens is 250 g/mol. The fourth-order valence-corrected chi connectivity index (χ4v) is 2.36. The van der Waals surface area contributed by atoms with E-state index in [9.17, 15) is 8.42 Å². The molecule has 5 nitrogen and oxygen atoms in total. The van der Waals surface area contributed by atoms with Crippen molar-refractivity contribution in [3.63, 3.8) is 0 Å². The van der Waals surface area contributed by atoms with Gasteiger partial charge in [-0.2, -0.15) is 5.10 Å². The fourth-order valence-electron chi connectivity index (χ4n) is 1.85. The molecule has 0 spiro atoms. The van der Waals surface area contributed by atoms with Crippen molar-refractivity contribution in [3.8, 4) is 0 Å². The average Bonchev–Trinajstić information content (AvgIpc) is 2.68. The number of nitrogens with zero attached hydrogens (tertiary/aromatic N) is 2. The van der Waals surface area contributed by atoms with Gasteiger partial charge in [-0.25, -0.2) is 8.42 Å². The van der Waals surface area contributed by atoms with Crippen LogP contribution in [-0.4, -0.2) is 36.8 Å². The zero-order valence-electron chi connectivity index (χ0n) is 11.4. The van der Waals surface area contributed by atoms with E-state index in [4.69, 9.17) is 0 Å². The van der Waals surface area contributed by atoms with Crippen molar-refractivity contribution in [2.75, 3.05) is 18.6 Å². The molecule has 0 aliphatic heterocycles. The van der Waals surface area contributed by atoms with Crippen LogP contribution in [0, 0.1) is 0 Å². The van der Waals surface area contributed by atoms with Crippen LogP contribution < -0.4 is 5.32 Å². The van der Waals surface area contributed by atoms with E-state index in [0.29, 0.717) is 6.54 Å². The second kappa shape index (κ2) is 6.89. The molecule has 0 atom stereocenters. The Morgan fingerprint density at radius 1 is 1.39 bits per heavy atom. The third-order valence-electron chi connectivity index (χ3n) is 2.79. The summed E-state index contributed by atoms with van der Waals surface area (Å²) in [6.07, 6.45) is 5.06. The number of aromatic nitrogens is 2. The van der Waals surface area contributed by atoms with Gasteiger partial charge < -0.3 is 5.32 Å². The second-order valence-corrected chi connectivity index (χ2v) is 6.76. The van der Waals surface area contributed by atoms with Gasteiger partial charge in [-0.3, -0.25) is 4.68 Å². The molecule has 0 bridgehead atoms. The van der Waals surface area contributed by atoms with E-state index >= 15 is 0 Å². The molecule has 0 aromatic carbocycles. The maximum absolute atomic E-state index is 11.2. The van der Waals surface area contributed by atoms with Crippen molar-refractivity contribution >= 4 is 9.84 Å². The smallest absolute Gasteiger partial charge is 0.149 e. The van der Waals surface area contributed by atoms with Gasteiger partial charge >= 0.3 is 0 Å². The molecule has 0 aliphatic carbocycles. The lowest BCUT2D eigenvalue weighted by molar-refractivity contribution is 0.577. The molecule has 0 radical (unpaired) electrons. The minimum absolute atomic E-state index is 0.142. The Morgan fingerprint density at radius 3 is 2.67 bits per heavy atom. The van der Waals surface area contributed by atoms with Crippen molar-refractivity contribution in [1.29, 1.82) is 0 Å². The first-order valence-electron chi connectivity index (χ1n) is 6.40. The van der Waals surface area contributed by atoms with Crippen molar-refractivity contribution < 1.29 is 8.42 Å². The van der Waals surface area contributed by atoms with Gasteiger partial charge in [0, 0.05) is 24.1 Å². The zero-order chi connectivity index (χ0) is 13.6. The van der Waals surface area contributed by atoms with Gasteiger partial charge in [-0.05, 0) is 19.4 Å². The molecule has 1 aromatic rings. The molecule has 18 heavy (non-hydrogen) atoms. The number of sulfone groups is 1. The van der Waals surface area contributed by atoms with Crippen LogP contribution in [0.5, 0.6) is 0 Å². The van der Waals surface area contributed by atoms with Gasteiger partial charge in [0.1, 0.15) is 9.84 Å². The van der Waals surface area contributed by atoms with Crippen LogP contribution in [0.3, 0.4) is 0 Å². The lowest BCUT2D eigenvalue weighted by Crippen LogP contribution is -2.17. The topological polar surface area (TPSA) is 64.0 Å². The molecule has 6 heteroatoms. The molecule has 0 unspecified atom stereocenters. The van der Waals surface area contributed by atoms with E-state index in [1.807, 2.05) is 10.9 Å². The molecule has 1 heterocycles. The summed E-state index contributed by atoms with van der Waals surface area (Å²) in [5, 5.41) is 7.62. The highest BCUT2D eigenvalue weighted by molar-refractivity contribution is 7.90. The lowest BCUT2D eigenvalue weighted by atomic mass is 10.2. The summed E-state index contributed by atoms with van der Waals surface area (Å²) in [5.74, 6) is 0.142. The quantitative estimate of drug-likeness (QED) is 0.717. The van der Waals surface area contributed by atoms with Crippen molar-refractivity contribution in [2.24, 2.45) is 0 Å². The predicted molar refractivity (Wildman–Crippen MR) is 73.3 cm³/mol. The Balaban J connectivity index is 2.69. The highest BCUT2D eigenvalue weighted by Gasteiger charge is 2.10. The van der Waals surface area contributed by atoms with Crippen LogP contribution >= 0.6 is 0 Å². The van der Waals surface area contributed by atoms with Crippen molar-refractivity contribution in [2.45, 2.75) is 39.8 Å². The fraction of sp³-hybridized carbons (Fsp3) is 0.750. The van der Waals surface area contributed by atoms with E-state index in [0.717, 1.165) is 31.6 Å². The van der Waals surface area contributed by atoms with Crippen LogP contribution in [0.25, 0.3) is 0 Å². The van der Waals surface area contributed by atoms with E-state index in [-0.39, 0.29) is 5.75 Å². The number of aryl methyl sites for hydroxylation is 1. The first kappa shape index (κ1) is 15.2. The normalized spacial score (nSPS) is 11.9. The number of hydrogen-bond acceptors (Lipinski definition) is 4. The Bertz CT molecular complexity index is 466. The highest BCUT2D eigenvalue weighted by Crippen LogP contribution is 2.09. The van der Waals surface area contributed by atoms with Crippen LogP contribution in [-0.2, 0) is 29.3 Å². The SMILES string of the molecule is CCCNCc1cnn(CCS(C)(=O)=O)c1CC. The zero-order valence-corrected chi connectivity index (χ0v) is 12.3. The minimum atomic E-state index is -2.94. The molecule has 0 aliphatic rings. The first-order chi connectivity index (χ1) is 8.48. The first-order valence-corrected chi connectivity index (χ1v) is 8.46. The third kappa shape index (κ3) is 4.78. The third-order valence-corrected chi connectivity index (χ3v) is 3.71. The molecule has 1 rings (SSSR count). The Kier molecular flexibility index (Phi) is 5.81. The monoisotopic (exact) mass is 273 g/mol. The molecule has 0 fully saturated rings. The maximum atomic E-state index is 11.2. The van der Waals surface area contributed by atoms with Crippen molar-refractivity contribution in [3.05, 3.63) is 17.5 Å². The Labute approximate surface area is 109 Å². The van der Waals surface area contributed by atoms with Gasteiger partial charge in [0.05, 0.1) is 18.5 Å². The van der Waals surface area contributed by atoms with Crippen LogP contribution in [0.2, 0.25) is 0 Å². The Hall–Kier alpha value is -0.880. The van der Waals surface area contributed by atoms with E-state index in [1.54, 1.807) is 0 Å². The van der Waals surface area contributed by atoms with Gasteiger partial charge in [-0.15, -0.1) is 0 Å². The Morgan fingerprint density at radius 2 is 2.11 bits per heavy atom. The molecule has 0 amide bonds. The van der Waals surface area contributed by atoms with Crippen LogP contribution in [0.4, 0.5) is 0 Å².